The normalized spacial score (nSPS) is 17.2. The minimum atomic E-state index is -3.43. The van der Waals surface area contributed by atoms with Crippen LogP contribution in [-0.2, 0) is 20.6 Å². The van der Waals surface area contributed by atoms with Crippen molar-refractivity contribution >= 4 is 27.7 Å². The summed E-state index contributed by atoms with van der Waals surface area (Å²) in [5.41, 5.74) is 0.907. The number of carbonyl (C=O) groups is 1. The zero-order chi connectivity index (χ0) is 19.2. The fourth-order valence-electron chi connectivity index (χ4n) is 3.08. The molecule has 1 aromatic rings. The highest BCUT2D eigenvalue weighted by molar-refractivity contribution is 7.99. The molecule has 0 saturated heterocycles. The first-order valence-corrected chi connectivity index (χ1v) is 11.7. The average molecular weight is 399 g/mol. The maximum Gasteiger partial charge on any atom is 0.242 e. The summed E-state index contributed by atoms with van der Waals surface area (Å²) in [6.45, 7) is 2.68. The Balaban J connectivity index is 1.84. The quantitative estimate of drug-likeness (QED) is 0.730. The van der Waals surface area contributed by atoms with Gasteiger partial charge < -0.3 is 5.32 Å². The van der Waals surface area contributed by atoms with Crippen molar-refractivity contribution in [2.45, 2.75) is 54.9 Å². The molecule has 0 spiro atoms. The van der Waals surface area contributed by atoms with E-state index in [1.807, 2.05) is 13.0 Å². The van der Waals surface area contributed by atoms with Crippen molar-refractivity contribution in [3.05, 3.63) is 29.8 Å². The van der Waals surface area contributed by atoms with Crippen molar-refractivity contribution in [1.82, 2.24) is 9.62 Å². The molecule has 5 nitrogen and oxygen atoms in total. The van der Waals surface area contributed by atoms with Crippen LogP contribution in [0.5, 0.6) is 0 Å². The van der Waals surface area contributed by atoms with E-state index >= 15 is 0 Å². The highest BCUT2D eigenvalue weighted by Crippen LogP contribution is 2.24. The molecule has 1 amide bonds. The first kappa shape index (κ1) is 21.3. The molecule has 0 radical (unpaired) electrons. The van der Waals surface area contributed by atoms with Crippen LogP contribution in [-0.4, -0.2) is 44.5 Å². The first-order valence-electron chi connectivity index (χ1n) is 9.21. The molecule has 146 valence electrons. The Bertz CT molecular complexity index is 698. The van der Waals surface area contributed by atoms with Crippen LogP contribution in [0, 0.1) is 5.92 Å². The predicted octanol–water partition coefficient (Wildman–Crippen LogP) is 3.26. The lowest BCUT2D eigenvalue weighted by atomic mass is 9.89. The van der Waals surface area contributed by atoms with Crippen LogP contribution in [0.1, 0.15) is 44.6 Å². The van der Waals surface area contributed by atoms with E-state index in [4.69, 9.17) is 0 Å². The van der Waals surface area contributed by atoms with Crippen molar-refractivity contribution in [1.29, 1.82) is 0 Å². The highest BCUT2D eigenvalue weighted by Gasteiger charge is 2.19. The van der Waals surface area contributed by atoms with Crippen LogP contribution in [0.15, 0.2) is 29.2 Å². The minimum Gasteiger partial charge on any atom is -0.355 e. The lowest BCUT2D eigenvalue weighted by Crippen LogP contribution is -2.35. The van der Waals surface area contributed by atoms with Crippen molar-refractivity contribution in [3.8, 4) is 0 Å². The Morgan fingerprint density at radius 3 is 2.62 bits per heavy atom. The summed E-state index contributed by atoms with van der Waals surface area (Å²) in [5.74, 6) is 1.30. The molecule has 7 heteroatoms. The Hall–Kier alpha value is -1.05. The van der Waals surface area contributed by atoms with Gasteiger partial charge in [0.2, 0.25) is 15.9 Å². The second kappa shape index (κ2) is 9.76. The molecule has 1 fully saturated rings. The van der Waals surface area contributed by atoms with E-state index in [1.165, 1.54) is 62.3 Å². The van der Waals surface area contributed by atoms with Gasteiger partial charge in [0.05, 0.1) is 10.1 Å². The predicted molar refractivity (Wildman–Crippen MR) is 108 cm³/mol. The maximum atomic E-state index is 12.3. The summed E-state index contributed by atoms with van der Waals surface area (Å²) < 4.78 is 25.7. The van der Waals surface area contributed by atoms with Crippen LogP contribution >= 0.6 is 11.8 Å². The van der Waals surface area contributed by atoms with Gasteiger partial charge in [-0.1, -0.05) is 31.4 Å². The Morgan fingerprint density at radius 1 is 1.27 bits per heavy atom. The summed E-state index contributed by atoms with van der Waals surface area (Å²) in [5, 5.41) is 2.92. The van der Waals surface area contributed by atoms with Gasteiger partial charge >= 0.3 is 0 Å². The Kier molecular flexibility index (Phi) is 7.98. The molecule has 1 saturated carbocycles. The van der Waals surface area contributed by atoms with Gasteiger partial charge in [-0.15, -0.1) is 11.8 Å². The molecule has 1 unspecified atom stereocenters. The van der Waals surface area contributed by atoms with Crippen molar-refractivity contribution in [2.24, 2.45) is 5.92 Å². The second-order valence-corrected chi connectivity index (χ2v) is 10.6. The summed E-state index contributed by atoms with van der Waals surface area (Å²) in [7, 11) is -0.384. The van der Waals surface area contributed by atoms with Gasteiger partial charge in [0, 0.05) is 26.4 Å². The molecule has 2 rings (SSSR count). The van der Waals surface area contributed by atoms with Crippen LogP contribution in [0.25, 0.3) is 0 Å². The van der Waals surface area contributed by atoms with E-state index < -0.39 is 10.0 Å². The van der Waals surface area contributed by atoms with E-state index in [9.17, 15) is 13.2 Å². The number of nitrogens with zero attached hydrogens (tertiary/aromatic N) is 1. The lowest BCUT2D eigenvalue weighted by molar-refractivity contribution is -0.120. The summed E-state index contributed by atoms with van der Waals surface area (Å²) in [6.07, 6.45) is 6.30. The molecule has 1 aliphatic carbocycles. The van der Waals surface area contributed by atoms with Crippen LogP contribution in [0.3, 0.4) is 0 Å². The molecule has 0 heterocycles. The largest absolute Gasteiger partial charge is 0.355 e. The number of thioether (sulfide) groups is 1. The number of benzene rings is 1. The molecular formula is C19H30N2O3S2. The van der Waals surface area contributed by atoms with E-state index in [2.05, 4.69) is 5.32 Å². The van der Waals surface area contributed by atoms with Gasteiger partial charge in [-0.3, -0.25) is 4.79 Å². The molecule has 1 atom stereocenters. The van der Waals surface area contributed by atoms with Gasteiger partial charge in [-0.25, -0.2) is 12.7 Å². The molecule has 1 aromatic carbocycles. The number of hydrogen-bond donors (Lipinski definition) is 1. The monoisotopic (exact) mass is 398 g/mol. The van der Waals surface area contributed by atoms with Gasteiger partial charge in [0.1, 0.15) is 0 Å². The topological polar surface area (TPSA) is 66.5 Å². The third-order valence-electron chi connectivity index (χ3n) is 4.84. The highest BCUT2D eigenvalue weighted by atomic mass is 32.2. The molecule has 1 N–H and O–H groups in total. The number of carbonyl (C=O) groups excluding carboxylic acids is 1. The third kappa shape index (κ3) is 5.99. The average Bonchev–Trinajstić information content (AvgIpc) is 2.65. The molecular weight excluding hydrogens is 368 g/mol. The van der Waals surface area contributed by atoms with Crippen molar-refractivity contribution < 1.29 is 13.2 Å². The SMILES string of the molecule is CC(SCc1cccc(S(=O)(=O)N(C)C)c1)C(=O)NCC1CCCCC1. The van der Waals surface area contributed by atoms with Gasteiger partial charge in [0.15, 0.2) is 0 Å². The second-order valence-electron chi connectivity index (χ2n) is 7.14. The van der Waals surface area contributed by atoms with Gasteiger partial charge in [0.25, 0.3) is 0 Å². The summed E-state index contributed by atoms with van der Waals surface area (Å²) in [4.78, 5) is 12.6. The van der Waals surface area contributed by atoms with Crippen molar-refractivity contribution in [3.63, 3.8) is 0 Å². The van der Waals surface area contributed by atoms with E-state index in [0.717, 1.165) is 12.1 Å². The summed E-state index contributed by atoms with van der Waals surface area (Å²) >= 11 is 1.53. The number of nitrogens with one attached hydrogen (secondary N) is 1. The van der Waals surface area contributed by atoms with Crippen LogP contribution in [0.4, 0.5) is 0 Å². The molecule has 0 aliphatic heterocycles. The standard InChI is InChI=1S/C19H30N2O3S2/c1-15(19(22)20-13-16-8-5-4-6-9-16)25-14-17-10-7-11-18(12-17)26(23,24)21(2)3/h7,10-12,15-16H,4-6,8-9,13-14H2,1-3H3,(H,20,22). The Morgan fingerprint density at radius 2 is 1.96 bits per heavy atom. The van der Waals surface area contributed by atoms with E-state index in [0.29, 0.717) is 11.7 Å². The zero-order valence-corrected chi connectivity index (χ0v) is 17.5. The number of rotatable bonds is 8. The Labute approximate surface area is 162 Å². The lowest BCUT2D eigenvalue weighted by Gasteiger charge is -2.22. The van der Waals surface area contributed by atoms with Crippen LogP contribution in [0.2, 0.25) is 0 Å². The summed E-state index contributed by atoms with van der Waals surface area (Å²) in [6, 6.07) is 6.94. The molecule has 26 heavy (non-hydrogen) atoms. The zero-order valence-electron chi connectivity index (χ0n) is 15.9. The van der Waals surface area contributed by atoms with Gasteiger partial charge in [-0.2, -0.15) is 0 Å². The van der Waals surface area contributed by atoms with Crippen molar-refractivity contribution in [2.75, 3.05) is 20.6 Å². The molecule has 1 aliphatic rings. The fraction of sp³-hybridized carbons (Fsp3) is 0.632. The molecule has 0 aromatic heterocycles. The number of hydrogen-bond acceptors (Lipinski definition) is 4. The van der Waals surface area contributed by atoms with E-state index in [1.54, 1.807) is 18.2 Å². The molecule has 0 bridgehead atoms. The van der Waals surface area contributed by atoms with E-state index in [-0.39, 0.29) is 16.1 Å². The third-order valence-corrected chi connectivity index (χ3v) is 7.86. The van der Waals surface area contributed by atoms with Crippen LogP contribution < -0.4 is 5.32 Å². The fourth-order valence-corrected chi connectivity index (χ4v) is 4.91. The maximum absolute atomic E-state index is 12.3. The number of amides is 1. The first-order chi connectivity index (χ1) is 12.3. The number of sulfonamides is 1. The van der Waals surface area contributed by atoms with Gasteiger partial charge in [-0.05, 0) is 43.4 Å². The minimum absolute atomic E-state index is 0.0673. The smallest absolute Gasteiger partial charge is 0.242 e.